The van der Waals surface area contributed by atoms with E-state index in [0.717, 1.165) is 23.9 Å². The van der Waals surface area contributed by atoms with Gasteiger partial charge in [-0.2, -0.15) is 0 Å². The Balaban J connectivity index is 2.66. The van der Waals surface area contributed by atoms with Gasteiger partial charge in [0.25, 0.3) is 0 Å². The molecule has 0 aliphatic rings. The Morgan fingerprint density at radius 2 is 1.94 bits per heavy atom. The van der Waals surface area contributed by atoms with E-state index in [1.807, 2.05) is 44.2 Å². The van der Waals surface area contributed by atoms with Gasteiger partial charge in [-0.05, 0) is 25.8 Å². The van der Waals surface area contributed by atoms with E-state index in [1.165, 1.54) is 0 Å². The third-order valence-corrected chi connectivity index (χ3v) is 3.22. The molecule has 3 heteroatoms. The summed E-state index contributed by atoms with van der Waals surface area (Å²) < 4.78 is 0. The lowest BCUT2D eigenvalue weighted by atomic mass is 9.84. The summed E-state index contributed by atoms with van der Waals surface area (Å²) in [6.07, 6.45) is 0.955. The molecular formula is C13H18BrNO. The summed E-state index contributed by atoms with van der Waals surface area (Å²) in [6.45, 7) is 4.62. The topological polar surface area (TPSA) is 29.1 Å². The predicted octanol–water partition coefficient (Wildman–Crippen LogP) is 2.87. The quantitative estimate of drug-likeness (QED) is 0.654. The van der Waals surface area contributed by atoms with Gasteiger partial charge in [0, 0.05) is 11.9 Å². The molecule has 1 N–H and O–H groups in total. The Kier molecular flexibility index (Phi) is 5.00. The van der Waals surface area contributed by atoms with Crippen molar-refractivity contribution in [3.63, 3.8) is 0 Å². The zero-order valence-electron chi connectivity index (χ0n) is 9.79. The van der Waals surface area contributed by atoms with Crippen LogP contribution in [0.15, 0.2) is 30.3 Å². The first-order chi connectivity index (χ1) is 7.59. The van der Waals surface area contributed by atoms with Crippen LogP contribution in [-0.4, -0.2) is 17.8 Å². The monoisotopic (exact) mass is 283 g/mol. The van der Waals surface area contributed by atoms with Crippen molar-refractivity contribution in [2.45, 2.75) is 25.7 Å². The number of amides is 1. The Bertz CT molecular complexity index is 335. The van der Waals surface area contributed by atoms with Crippen LogP contribution in [0.25, 0.3) is 0 Å². The van der Waals surface area contributed by atoms with E-state index in [1.54, 1.807) is 0 Å². The molecule has 0 unspecified atom stereocenters. The Hall–Kier alpha value is -0.830. The van der Waals surface area contributed by atoms with Gasteiger partial charge in [-0.3, -0.25) is 4.79 Å². The Morgan fingerprint density at radius 3 is 2.50 bits per heavy atom. The lowest BCUT2D eigenvalue weighted by molar-refractivity contribution is -0.125. The second-order valence-corrected chi connectivity index (χ2v) is 5.08. The molecule has 1 rings (SSSR count). The Morgan fingerprint density at radius 1 is 1.31 bits per heavy atom. The molecule has 88 valence electrons. The van der Waals surface area contributed by atoms with Crippen LogP contribution in [0.3, 0.4) is 0 Å². The fourth-order valence-corrected chi connectivity index (χ4v) is 1.76. The van der Waals surface area contributed by atoms with Gasteiger partial charge in [-0.25, -0.2) is 0 Å². The summed E-state index contributed by atoms with van der Waals surface area (Å²) in [5.41, 5.74) is 0.583. The SMILES string of the molecule is CC(C)(C(=O)NCCCBr)c1ccccc1. The van der Waals surface area contributed by atoms with Crippen molar-refractivity contribution in [1.29, 1.82) is 0 Å². The summed E-state index contributed by atoms with van der Waals surface area (Å²) in [6, 6.07) is 9.86. The number of hydrogen-bond acceptors (Lipinski definition) is 1. The molecule has 0 saturated heterocycles. The highest BCUT2D eigenvalue weighted by atomic mass is 79.9. The number of rotatable bonds is 5. The lowest BCUT2D eigenvalue weighted by Gasteiger charge is -2.24. The molecule has 2 nitrogen and oxygen atoms in total. The number of alkyl halides is 1. The summed E-state index contributed by atoms with van der Waals surface area (Å²) in [5, 5.41) is 3.87. The summed E-state index contributed by atoms with van der Waals surface area (Å²) >= 11 is 3.34. The van der Waals surface area contributed by atoms with E-state index < -0.39 is 5.41 Å². The van der Waals surface area contributed by atoms with Crippen LogP contribution in [0, 0.1) is 0 Å². The van der Waals surface area contributed by atoms with Crippen LogP contribution in [0.2, 0.25) is 0 Å². The standard InChI is InChI=1S/C13H18BrNO/c1-13(2,11-7-4-3-5-8-11)12(16)15-10-6-9-14/h3-5,7-8H,6,9-10H2,1-2H3,(H,15,16). The highest BCUT2D eigenvalue weighted by molar-refractivity contribution is 9.09. The van der Waals surface area contributed by atoms with Crippen LogP contribution < -0.4 is 5.32 Å². The minimum absolute atomic E-state index is 0.0830. The highest BCUT2D eigenvalue weighted by Gasteiger charge is 2.28. The van der Waals surface area contributed by atoms with Crippen molar-refractivity contribution in [1.82, 2.24) is 5.32 Å². The molecule has 0 radical (unpaired) electrons. The molecule has 0 atom stereocenters. The van der Waals surface area contributed by atoms with Crippen molar-refractivity contribution in [3.8, 4) is 0 Å². The molecule has 0 fully saturated rings. The van der Waals surface area contributed by atoms with E-state index in [-0.39, 0.29) is 5.91 Å². The van der Waals surface area contributed by atoms with E-state index in [2.05, 4.69) is 21.2 Å². The van der Waals surface area contributed by atoms with E-state index >= 15 is 0 Å². The smallest absolute Gasteiger partial charge is 0.230 e. The van der Waals surface area contributed by atoms with Crippen LogP contribution >= 0.6 is 15.9 Å². The second kappa shape index (κ2) is 6.04. The molecule has 1 aromatic rings. The molecule has 1 aromatic carbocycles. The zero-order valence-corrected chi connectivity index (χ0v) is 11.4. The van der Waals surface area contributed by atoms with Gasteiger partial charge < -0.3 is 5.32 Å². The molecule has 16 heavy (non-hydrogen) atoms. The van der Waals surface area contributed by atoms with Gasteiger partial charge in [0.05, 0.1) is 5.41 Å². The van der Waals surface area contributed by atoms with Gasteiger partial charge in [0.2, 0.25) is 5.91 Å². The zero-order chi connectivity index (χ0) is 12.0. The van der Waals surface area contributed by atoms with Crippen molar-refractivity contribution >= 4 is 21.8 Å². The van der Waals surface area contributed by atoms with Gasteiger partial charge >= 0.3 is 0 Å². The fraction of sp³-hybridized carbons (Fsp3) is 0.462. The molecular weight excluding hydrogens is 266 g/mol. The van der Waals surface area contributed by atoms with E-state index in [9.17, 15) is 4.79 Å². The number of hydrogen-bond donors (Lipinski definition) is 1. The molecule has 0 aromatic heterocycles. The maximum absolute atomic E-state index is 12.0. The average molecular weight is 284 g/mol. The van der Waals surface area contributed by atoms with Crippen LogP contribution in [-0.2, 0) is 10.2 Å². The van der Waals surface area contributed by atoms with E-state index in [4.69, 9.17) is 0 Å². The molecule has 0 aliphatic heterocycles. The number of carbonyl (C=O) groups is 1. The number of nitrogens with one attached hydrogen (secondary N) is 1. The van der Waals surface area contributed by atoms with Crippen LogP contribution in [0.1, 0.15) is 25.8 Å². The maximum atomic E-state index is 12.0. The van der Waals surface area contributed by atoms with Gasteiger partial charge in [0.15, 0.2) is 0 Å². The molecule has 0 bridgehead atoms. The third-order valence-electron chi connectivity index (χ3n) is 2.66. The van der Waals surface area contributed by atoms with Gasteiger partial charge in [-0.1, -0.05) is 46.3 Å². The minimum Gasteiger partial charge on any atom is -0.355 e. The first-order valence-electron chi connectivity index (χ1n) is 5.49. The molecule has 0 saturated carbocycles. The highest BCUT2D eigenvalue weighted by Crippen LogP contribution is 2.22. The normalized spacial score (nSPS) is 11.2. The molecule has 0 spiro atoms. The number of halogens is 1. The molecule has 1 amide bonds. The van der Waals surface area contributed by atoms with Crippen molar-refractivity contribution in [3.05, 3.63) is 35.9 Å². The van der Waals surface area contributed by atoms with Crippen LogP contribution in [0.5, 0.6) is 0 Å². The number of benzene rings is 1. The van der Waals surface area contributed by atoms with Crippen molar-refractivity contribution in [2.24, 2.45) is 0 Å². The molecule has 0 aliphatic carbocycles. The van der Waals surface area contributed by atoms with Gasteiger partial charge in [-0.15, -0.1) is 0 Å². The van der Waals surface area contributed by atoms with E-state index in [0.29, 0.717) is 0 Å². The van der Waals surface area contributed by atoms with Crippen molar-refractivity contribution < 1.29 is 4.79 Å². The maximum Gasteiger partial charge on any atom is 0.230 e. The fourth-order valence-electron chi connectivity index (χ4n) is 1.48. The first-order valence-corrected chi connectivity index (χ1v) is 6.61. The third kappa shape index (κ3) is 3.34. The molecule has 0 heterocycles. The minimum atomic E-state index is -0.465. The largest absolute Gasteiger partial charge is 0.355 e. The summed E-state index contributed by atoms with van der Waals surface area (Å²) in [4.78, 5) is 12.0. The Labute approximate surface area is 106 Å². The predicted molar refractivity (Wildman–Crippen MR) is 70.9 cm³/mol. The summed E-state index contributed by atoms with van der Waals surface area (Å²) in [7, 11) is 0. The lowest BCUT2D eigenvalue weighted by Crippen LogP contribution is -2.40. The first kappa shape index (κ1) is 13.2. The summed E-state index contributed by atoms with van der Waals surface area (Å²) in [5.74, 6) is 0.0830. The second-order valence-electron chi connectivity index (χ2n) is 4.29. The number of carbonyl (C=O) groups excluding carboxylic acids is 1. The van der Waals surface area contributed by atoms with Crippen LogP contribution in [0.4, 0.5) is 0 Å². The van der Waals surface area contributed by atoms with Crippen molar-refractivity contribution in [2.75, 3.05) is 11.9 Å². The average Bonchev–Trinajstić information content (AvgIpc) is 2.30. The van der Waals surface area contributed by atoms with Gasteiger partial charge in [0.1, 0.15) is 0 Å².